The highest BCUT2D eigenvalue weighted by Crippen LogP contribution is 2.09. The van der Waals surface area contributed by atoms with E-state index < -0.39 is 5.91 Å². The molecule has 4 nitrogen and oxygen atoms in total. The van der Waals surface area contributed by atoms with Crippen molar-refractivity contribution < 1.29 is 9.90 Å². The summed E-state index contributed by atoms with van der Waals surface area (Å²) in [6.07, 6.45) is 0. The van der Waals surface area contributed by atoms with E-state index in [0.717, 1.165) is 5.56 Å². The van der Waals surface area contributed by atoms with E-state index in [-0.39, 0.29) is 12.6 Å². The average Bonchev–Trinajstić information content (AvgIpc) is 2.29. The number of aliphatic hydroxyl groups excluding tert-OH is 1. The molecule has 0 fully saturated rings. The summed E-state index contributed by atoms with van der Waals surface area (Å²) in [4.78, 5) is 11.2. The Morgan fingerprint density at radius 2 is 2.06 bits per heavy atom. The minimum atomic E-state index is -0.424. The predicted octanol–water partition coefficient (Wildman–Crippen LogP) is 0.892. The molecule has 0 aliphatic carbocycles. The van der Waals surface area contributed by atoms with Crippen molar-refractivity contribution in [1.82, 2.24) is 5.32 Å². The van der Waals surface area contributed by atoms with Crippen molar-refractivity contribution in [2.45, 2.75) is 26.4 Å². The van der Waals surface area contributed by atoms with Crippen molar-refractivity contribution in [3.05, 3.63) is 35.4 Å². The molecular weight excluding hydrogens is 216 g/mol. The molecule has 1 rings (SSSR count). The van der Waals surface area contributed by atoms with Gasteiger partial charge in [0.25, 0.3) is 0 Å². The van der Waals surface area contributed by atoms with Crippen molar-refractivity contribution in [2.24, 2.45) is 11.7 Å². The Balaban J connectivity index is 2.72. The third-order valence-electron chi connectivity index (χ3n) is 2.84. The van der Waals surface area contributed by atoms with E-state index in [1.165, 1.54) is 0 Å². The molecule has 1 unspecified atom stereocenters. The van der Waals surface area contributed by atoms with E-state index in [1.54, 1.807) is 12.1 Å². The summed E-state index contributed by atoms with van der Waals surface area (Å²) in [5.41, 5.74) is 6.69. The highest BCUT2D eigenvalue weighted by Gasteiger charge is 2.13. The minimum Gasteiger partial charge on any atom is -0.395 e. The number of primary amides is 1. The number of nitrogens with one attached hydrogen (secondary N) is 1. The molecule has 0 saturated heterocycles. The first kappa shape index (κ1) is 13.7. The second-order valence-electron chi connectivity index (χ2n) is 4.44. The number of hydrogen-bond donors (Lipinski definition) is 3. The fourth-order valence-electron chi connectivity index (χ4n) is 1.67. The molecule has 4 heteroatoms. The Morgan fingerprint density at radius 3 is 2.59 bits per heavy atom. The summed E-state index contributed by atoms with van der Waals surface area (Å²) < 4.78 is 0. The van der Waals surface area contributed by atoms with Gasteiger partial charge < -0.3 is 16.2 Å². The van der Waals surface area contributed by atoms with Crippen molar-refractivity contribution in [3.63, 3.8) is 0 Å². The first-order chi connectivity index (χ1) is 8.06. The zero-order valence-corrected chi connectivity index (χ0v) is 10.3. The Morgan fingerprint density at radius 1 is 1.41 bits per heavy atom. The van der Waals surface area contributed by atoms with Gasteiger partial charge in [-0.3, -0.25) is 4.79 Å². The van der Waals surface area contributed by atoms with E-state index in [1.807, 2.05) is 26.0 Å². The average molecular weight is 236 g/mol. The molecule has 0 spiro atoms. The number of benzene rings is 1. The third-order valence-corrected chi connectivity index (χ3v) is 2.84. The van der Waals surface area contributed by atoms with Crippen LogP contribution in [0.3, 0.4) is 0 Å². The minimum absolute atomic E-state index is 0.0240. The predicted molar refractivity (Wildman–Crippen MR) is 67.5 cm³/mol. The number of nitrogens with two attached hydrogens (primary N) is 1. The van der Waals surface area contributed by atoms with Crippen molar-refractivity contribution >= 4 is 5.91 Å². The van der Waals surface area contributed by atoms with Crippen molar-refractivity contribution in [1.29, 1.82) is 0 Å². The zero-order valence-electron chi connectivity index (χ0n) is 10.3. The van der Waals surface area contributed by atoms with Gasteiger partial charge in [-0.2, -0.15) is 0 Å². The van der Waals surface area contributed by atoms with Crippen LogP contribution >= 0.6 is 0 Å². The van der Waals surface area contributed by atoms with Gasteiger partial charge in [0.05, 0.1) is 6.61 Å². The summed E-state index contributed by atoms with van der Waals surface area (Å²) >= 11 is 0. The van der Waals surface area contributed by atoms with Crippen LogP contribution in [0, 0.1) is 5.92 Å². The maximum absolute atomic E-state index is 11.2. The molecule has 1 atom stereocenters. The topological polar surface area (TPSA) is 75.3 Å². The molecule has 0 aromatic heterocycles. The second-order valence-corrected chi connectivity index (χ2v) is 4.44. The standard InChI is InChI=1S/C13H20N2O2/c1-9(2)12(8-16)15-7-10-5-3-4-6-11(10)13(14)17/h3-6,9,12,15-16H,7-8H2,1-2H3,(H2,14,17). The monoisotopic (exact) mass is 236 g/mol. The van der Waals surface area contributed by atoms with Gasteiger partial charge in [0.2, 0.25) is 5.91 Å². The van der Waals surface area contributed by atoms with Crippen molar-refractivity contribution in [2.75, 3.05) is 6.61 Å². The number of carbonyl (C=O) groups is 1. The van der Waals surface area contributed by atoms with E-state index in [2.05, 4.69) is 5.32 Å². The summed E-state index contributed by atoms with van der Waals surface area (Å²) in [7, 11) is 0. The first-order valence-electron chi connectivity index (χ1n) is 5.78. The van der Waals surface area contributed by atoms with Crippen LogP contribution < -0.4 is 11.1 Å². The SMILES string of the molecule is CC(C)C(CO)NCc1ccccc1C(N)=O. The maximum Gasteiger partial charge on any atom is 0.249 e. The van der Waals surface area contributed by atoms with Gasteiger partial charge in [-0.1, -0.05) is 32.0 Å². The molecule has 0 radical (unpaired) electrons. The van der Waals surface area contributed by atoms with E-state index in [9.17, 15) is 9.90 Å². The molecule has 1 aromatic carbocycles. The van der Waals surface area contributed by atoms with Crippen LogP contribution in [0.2, 0.25) is 0 Å². The van der Waals surface area contributed by atoms with Crippen LogP contribution in [0.1, 0.15) is 29.8 Å². The fourth-order valence-corrected chi connectivity index (χ4v) is 1.67. The molecule has 94 valence electrons. The highest BCUT2D eigenvalue weighted by atomic mass is 16.3. The van der Waals surface area contributed by atoms with Crippen LogP contribution in [0.5, 0.6) is 0 Å². The Labute approximate surface area is 102 Å². The molecule has 17 heavy (non-hydrogen) atoms. The smallest absolute Gasteiger partial charge is 0.249 e. The summed E-state index contributed by atoms with van der Waals surface area (Å²) in [6.45, 7) is 4.68. The lowest BCUT2D eigenvalue weighted by molar-refractivity contribution is 0.0999. The molecule has 0 heterocycles. The lowest BCUT2D eigenvalue weighted by atomic mass is 10.0. The number of carbonyl (C=O) groups excluding carboxylic acids is 1. The Hall–Kier alpha value is -1.39. The molecule has 1 amide bonds. The fraction of sp³-hybridized carbons (Fsp3) is 0.462. The summed E-state index contributed by atoms with van der Waals surface area (Å²) in [5.74, 6) is -0.0896. The van der Waals surface area contributed by atoms with Crippen molar-refractivity contribution in [3.8, 4) is 0 Å². The van der Waals surface area contributed by atoms with E-state index in [0.29, 0.717) is 18.0 Å². The number of hydrogen-bond acceptors (Lipinski definition) is 3. The van der Waals surface area contributed by atoms with Gasteiger partial charge in [-0.15, -0.1) is 0 Å². The van der Waals surface area contributed by atoms with Gasteiger partial charge in [0, 0.05) is 18.2 Å². The Kier molecular flexibility index (Phi) is 5.12. The van der Waals surface area contributed by atoms with E-state index >= 15 is 0 Å². The zero-order chi connectivity index (χ0) is 12.8. The van der Waals surface area contributed by atoms with Crippen LogP contribution in [0.15, 0.2) is 24.3 Å². The lowest BCUT2D eigenvalue weighted by Gasteiger charge is -2.20. The normalized spacial score (nSPS) is 12.7. The van der Waals surface area contributed by atoms with Crippen LogP contribution in [-0.4, -0.2) is 23.7 Å². The van der Waals surface area contributed by atoms with Gasteiger partial charge in [0.15, 0.2) is 0 Å². The van der Waals surface area contributed by atoms with Gasteiger partial charge >= 0.3 is 0 Å². The second kappa shape index (κ2) is 6.37. The quantitative estimate of drug-likeness (QED) is 0.686. The highest BCUT2D eigenvalue weighted by molar-refractivity contribution is 5.94. The maximum atomic E-state index is 11.2. The molecule has 1 aromatic rings. The van der Waals surface area contributed by atoms with E-state index in [4.69, 9.17) is 5.73 Å². The van der Waals surface area contributed by atoms with Crippen LogP contribution in [-0.2, 0) is 6.54 Å². The third kappa shape index (κ3) is 3.84. The summed E-state index contributed by atoms with van der Waals surface area (Å²) in [5, 5.41) is 12.4. The van der Waals surface area contributed by atoms with Crippen LogP contribution in [0.4, 0.5) is 0 Å². The number of aliphatic hydroxyl groups is 1. The number of rotatable bonds is 6. The molecular formula is C13H20N2O2. The van der Waals surface area contributed by atoms with Gasteiger partial charge in [0.1, 0.15) is 0 Å². The van der Waals surface area contributed by atoms with Gasteiger partial charge in [-0.25, -0.2) is 0 Å². The molecule has 0 saturated carbocycles. The van der Waals surface area contributed by atoms with Crippen LogP contribution in [0.25, 0.3) is 0 Å². The lowest BCUT2D eigenvalue weighted by Crippen LogP contribution is -2.37. The molecule has 0 aliphatic rings. The summed E-state index contributed by atoms with van der Waals surface area (Å²) in [6, 6.07) is 7.25. The largest absolute Gasteiger partial charge is 0.395 e. The van der Waals surface area contributed by atoms with Gasteiger partial charge in [-0.05, 0) is 17.5 Å². The molecule has 0 bridgehead atoms. The number of amides is 1. The molecule has 0 aliphatic heterocycles. The Bertz CT molecular complexity index is 377. The molecule has 4 N–H and O–H groups in total. The first-order valence-corrected chi connectivity index (χ1v) is 5.78.